The maximum atomic E-state index is 9.75. The summed E-state index contributed by atoms with van der Waals surface area (Å²) in [7, 11) is 0. The second-order valence-electron chi connectivity index (χ2n) is 8.05. The third-order valence-corrected chi connectivity index (χ3v) is 6.54. The Labute approximate surface area is 167 Å². The lowest BCUT2D eigenvalue weighted by atomic mass is 9.62. The van der Waals surface area contributed by atoms with E-state index >= 15 is 0 Å². The largest absolute Gasteiger partial charge is 0.508 e. The molecule has 0 radical (unpaired) electrons. The zero-order chi connectivity index (χ0) is 19.6. The van der Waals surface area contributed by atoms with Crippen LogP contribution in [0.2, 0.25) is 0 Å². The highest BCUT2D eigenvalue weighted by atomic mass is 16.3. The minimum atomic E-state index is -0.0682. The molecule has 1 fully saturated rings. The van der Waals surface area contributed by atoms with Gasteiger partial charge in [0.2, 0.25) is 0 Å². The predicted octanol–water partition coefficient (Wildman–Crippen LogP) is 6.30. The van der Waals surface area contributed by atoms with Gasteiger partial charge >= 0.3 is 0 Å². The molecule has 0 saturated heterocycles. The second-order valence-corrected chi connectivity index (χ2v) is 8.05. The zero-order valence-corrected chi connectivity index (χ0v) is 16.4. The van der Waals surface area contributed by atoms with E-state index in [9.17, 15) is 10.2 Å². The van der Waals surface area contributed by atoms with Gasteiger partial charge in [-0.25, -0.2) is 0 Å². The highest BCUT2D eigenvalue weighted by Crippen LogP contribution is 2.49. The summed E-state index contributed by atoms with van der Waals surface area (Å²) in [4.78, 5) is 0. The third-order valence-electron chi connectivity index (χ3n) is 6.54. The SMILES string of the molecule is CCc1ccc(C2CCC(c3ccc(O)cc3)(c3ccc(O)cc3)CC2)cc1. The van der Waals surface area contributed by atoms with Crippen molar-refractivity contribution in [2.45, 2.75) is 50.4 Å². The molecular formula is C26H28O2. The topological polar surface area (TPSA) is 40.5 Å². The van der Waals surface area contributed by atoms with Crippen molar-refractivity contribution in [1.29, 1.82) is 0 Å². The fourth-order valence-corrected chi connectivity index (χ4v) is 4.77. The molecule has 144 valence electrons. The average molecular weight is 373 g/mol. The van der Waals surface area contributed by atoms with Crippen LogP contribution < -0.4 is 0 Å². The first-order valence-corrected chi connectivity index (χ1v) is 10.3. The van der Waals surface area contributed by atoms with E-state index in [1.54, 1.807) is 24.3 Å². The third kappa shape index (κ3) is 3.52. The van der Waals surface area contributed by atoms with Gasteiger partial charge in [-0.15, -0.1) is 0 Å². The van der Waals surface area contributed by atoms with Crippen molar-refractivity contribution in [3.8, 4) is 11.5 Å². The Morgan fingerprint density at radius 1 is 0.714 bits per heavy atom. The molecule has 0 bridgehead atoms. The van der Waals surface area contributed by atoms with Crippen LogP contribution in [-0.4, -0.2) is 10.2 Å². The highest BCUT2D eigenvalue weighted by molar-refractivity contribution is 5.44. The fourth-order valence-electron chi connectivity index (χ4n) is 4.77. The monoisotopic (exact) mass is 372 g/mol. The molecule has 2 N–H and O–H groups in total. The van der Waals surface area contributed by atoms with Crippen LogP contribution in [-0.2, 0) is 11.8 Å². The van der Waals surface area contributed by atoms with Gasteiger partial charge in [0.15, 0.2) is 0 Å². The van der Waals surface area contributed by atoms with E-state index in [0.717, 1.165) is 32.1 Å². The second kappa shape index (κ2) is 7.71. The number of hydrogen-bond acceptors (Lipinski definition) is 2. The Morgan fingerprint density at radius 3 is 1.61 bits per heavy atom. The van der Waals surface area contributed by atoms with Gasteiger partial charge in [0.1, 0.15) is 11.5 Å². The van der Waals surface area contributed by atoms with Crippen molar-refractivity contribution in [3.05, 3.63) is 95.1 Å². The zero-order valence-electron chi connectivity index (χ0n) is 16.4. The lowest BCUT2D eigenvalue weighted by molar-refractivity contribution is 0.314. The van der Waals surface area contributed by atoms with Crippen molar-refractivity contribution < 1.29 is 10.2 Å². The van der Waals surface area contributed by atoms with Crippen LogP contribution in [0.1, 0.15) is 60.8 Å². The first-order chi connectivity index (χ1) is 13.6. The molecular weight excluding hydrogens is 344 g/mol. The molecule has 0 aliphatic heterocycles. The van der Waals surface area contributed by atoms with Gasteiger partial charge in [-0.3, -0.25) is 0 Å². The Morgan fingerprint density at radius 2 is 1.18 bits per heavy atom. The Kier molecular flexibility index (Phi) is 5.13. The Bertz CT molecular complexity index is 853. The fraction of sp³-hybridized carbons (Fsp3) is 0.308. The van der Waals surface area contributed by atoms with Crippen molar-refractivity contribution in [2.75, 3.05) is 0 Å². The van der Waals surface area contributed by atoms with Crippen LogP contribution in [0.4, 0.5) is 0 Å². The first kappa shape index (κ1) is 18.6. The molecule has 3 aromatic rings. The summed E-state index contributed by atoms with van der Waals surface area (Å²) in [5.41, 5.74) is 5.26. The van der Waals surface area contributed by atoms with Gasteiger partial charge in [-0.2, -0.15) is 0 Å². The lowest BCUT2D eigenvalue weighted by Crippen LogP contribution is -2.32. The van der Waals surface area contributed by atoms with Crippen molar-refractivity contribution in [3.63, 3.8) is 0 Å². The summed E-state index contributed by atoms with van der Waals surface area (Å²) in [6.45, 7) is 2.19. The van der Waals surface area contributed by atoms with Crippen molar-refractivity contribution >= 4 is 0 Å². The average Bonchev–Trinajstić information content (AvgIpc) is 2.75. The number of rotatable bonds is 4. The maximum Gasteiger partial charge on any atom is 0.115 e. The van der Waals surface area contributed by atoms with Crippen LogP contribution in [0, 0.1) is 0 Å². The lowest BCUT2D eigenvalue weighted by Gasteiger charge is -2.41. The molecule has 0 unspecified atom stereocenters. The van der Waals surface area contributed by atoms with Crippen LogP contribution in [0.3, 0.4) is 0 Å². The molecule has 0 spiro atoms. The molecule has 28 heavy (non-hydrogen) atoms. The van der Waals surface area contributed by atoms with Gasteiger partial charge in [0, 0.05) is 5.41 Å². The number of hydrogen-bond donors (Lipinski definition) is 2. The van der Waals surface area contributed by atoms with E-state index in [-0.39, 0.29) is 5.41 Å². The van der Waals surface area contributed by atoms with Gasteiger partial charge in [0.25, 0.3) is 0 Å². The van der Waals surface area contributed by atoms with Gasteiger partial charge < -0.3 is 10.2 Å². The van der Waals surface area contributed by atoms with E-state index in [1.165, 1.54) is 22.3 Å². The number of aromatic hydroxyl groups is 2. The molecule has 3 aromatic carbocycles. The summed E-state index contributed by atoms with van der Waals surface area (Å²) in [6, 6.07) is 24.5. The first-order valence-electron chi connectivity index (χ1n) is 10.3. The molecule has 0 aromatic heterocycles. The van der Waals surface area contributed by atoms with Crippen LogP contribution in [0.15, 0.2) is 72.8 Å². The summed E-state index contributed by atoms with van der Waals surface area (Å²) in [5, 5.41) is 19.5. The highest BCUT2D eigenvalue weighted by Gasteiger charge is 2.38. The molecule has 0 heterocycles. The summed E-state index contributed by atoms with van der Waals surface area (Å²) in [5.74, 6) is 1.19. The molecule has 0 amide bonds. The van der Waals surface area contributed by atoms with Crippen LogP contribution in [0.25, 0.3) is 0 Å². The van der Waals surface area contributed by atoms with E-state index in [2.05, 4.69) is 55.5 Å². The van der Waals surface area contributed by atoms with Crippen molar-refractivity contribution in [1.82, 2.24) is 0 Å². The van der Waals surface area contributed by atoms with E-state index < -0.39 is 0 Å². The minimum absolute atomic E-state index is 0.0682. The molecule has 1 aliphatic carbocycles. The molecule has 0 atom stereocenters. The number of benzene rings is 3. The molecule has 2 heteroatoms. The van der Waals surface area contributed by atoms with Crippen LogP contribution in [0.5, 0.6) is 11.5 Å². The molecule has 1 aliphatic rings. The van der Waals surface area contributed by atoms with E-state index in [1.807, 2.05) is 0 Å². The molecule has 1 saturated carbocycles. The van der Waals surface area contributed by atoms with Crippen molar-refractivity contribution in [2.24, 2.45) is 0 Å². The summed E-state index contributed by atoms with van der Waals surface area (Å²) >= 11 is 0. The summed E-state index contributed by atoms with van der Waals surface area (Å²) in [6.07, 6.45) is 5.46. The molecule has 2 nitrogen and oxygen atoms in total. The quantitative estimate of drug-likeness (QED) is 0.564. The smallest absolute Gasteiger partial charge is 0.115 e. The number of aryl methyl sites for hydroxylation is 1. The Balaban J connectivity index is 1.64. The van der Waals surface area contributed by atoms with Gasteiger partial charge in [-0.05, 0) is 84.5 Å². The Hall–Kier alpha value is -2.74. The van der Waals surface area contributed by atoms with E-state index in [4.69, 9.17) is 0 Å². The molecule has 4 rings (SSSR count). The summed E-state index contributed by atoms with van der Waals surface area (Å²) < 4.78 is 0. The minimum Gasteiger partial charge on any atom is -0.508 e. The van der Waals surface area contributed by atoms with Gasteiger partial charge in [0.05, 0.1) is 0 Å². The standard InChI is InChI=1S/C26H28O2/c1-2-19-3-5-20(6-4-19)21-15-17-26(18-16-21,22-7-11-24(27)12-8-22)23-9-13-25(28)14-10-23/h3-14,21,27-28H,2,15-18H2,1H3. The number of phenolic OH excluding ortho intramolecular Hbond substituents is 2. The van der Waals surface area contributed by atoms with Gasteiger partial charge in [-0.1, -0.05) is 55.5 Å². The maximum absolute atomic E-state index is 9.75. The predicted molar refractivity (Wildman–Crippen MR) is 114 cm³/mol. The van der Waals surface area contributed by atoms with Crippen LogP contribution >= 0.6 is 0 Å². The number of phenols is 2. The van der Waals surface area contributed by atoms with E-state index in [0.29, 0.717) is 17.4 Å². The normalized spacial score (nSPS) is 16.8.